The molecule has 2 N–H and O–H groups in total. The Kier molecular flexibility index (Phi) is 6.63. The van der Waals surface area contributed by atoms with Crippen LogP contribution < -0.4 is 10.1 Å². The molecule has 0 bridgehead atoms. The number of aryl methyl sites for hydroxylation is 3. The second-order valence-electron chi connectivity index (χ2n) is 9.27. The fourth-order valence-electron chi connectivity index (χ4n) is 5.08. The van der Waals surface area contributed by atoms with Crippen LogP contribution in [0.4, 0.5) is 10.2 Å². The molecule has 0 radical (unpaired) electrons. The van der Waals surface area contributed by atoms with Crippen LogP contribution in [0.15, 0.2) is 42.6 Å². The van der Waals surface area contributed by atoms with Gasteiger partial charge in [-0.1, -0.05) is 12.1 Å². The summed E-state index contributed by atoms with van der Waals surface area (Å²) in [6, 6.07) is 9.62. The van der Waals surface area contributed by atoms with E-state index in [1.807, 2.05) is 16.8 Å². The van der Waals surface area contributed by atoms with Gasteiger partial charge in [0, 0.05) is 31.5 Å². The minimum Gasteiger partial charge on any atom is -0.494 e. The largest absolute Gasteiger partial charge is 0.494 e. The van der Waals surface area contributed by atoms with E-state index in [2.05, 4.69) is 17.4 Å². The Bertz CT molecular complexity index is 1300. The maximum Gasteiger partial charge on any atom is 0.305 e. The van der Waals surface area contributed by atoms with Gasteiger partial charge < -0.3 is 24.6 Å². The van der Waals surface area contributed by atoms with E-state index in [4.69, 9.17) is 9.72 Å². The van der Waals surface area contributed by atoms with Crippen LogP contribution in [0.25, 0.3) is 0 Å². The second-order valence-corrected chi connectivity index (χ2v) is 9.27. The van der Waals surface area contributed by atoms with Crippen LogP contribution in [0.3, 0.4) is 0 Å². The summed E-state index contributed by atoms with van der Waals surface area (Å²) in [5, 5.41) is 12.9. The number of benzene rings is 1. The van der Waals surface area contributed by atoms with Crippen molar-refractivity contribution in [2.45, 2.75) is 44.7 Å². The summed E-state index contributed by atoms with van der Waals surface area (Å²) in [6.45, 7) is 1.82. The van der Waals surface area contributed by atoms with E-state index >= 15 is 0 Å². The molecule has 0 aliphatic carbocycles. The van der Waals surface area contributed by atoms with E-state index in [0.29, 0.717) is 24.3 Å². The molecule has 3 aromatic rings. The number of amides is 1. The third-order valence-corrected chi connectivity index (χ3v) is 6.94. The van der Waals surface area contributed by atoms with Gasteiger partial charge in [0.2, 0.25) is 0 Å². The minimum atomic E-state index is -1.06. The lowest BCUT2D eigenvalue weighted by Crippen LogP contribution is -2.43. The average molecular weight is 493 g/mol. The summed E-state index contributed by atoms with van der Waals surface area (Å²) >= 11 is 0. The highest BCUT2D eigenvalue weighted by Gasteiger charge is 2.33. The zero-order valence-corrected chi connectivity index (χ0v) is 20.2. The van der Waals surface area contributed by atoms with Crippen LogP contribution in [0.1, 0.15) is 51.8 Å². The first-order chi connectivity index (χ1) is 17.4. The Morgan fingerprint density at radius 3 is 2.86 bits per heavy atom. The number of hydrogen-bond donors (Lipinski definition) is 2. The number of anilines is 1. The lowest BCUT2D eigenvalue weighted by atomic mass is 10.00. The second kappa shape index (κ2) is 10.0. The van der Waals surface area contributed by atoms with Crippen LogP contribution in [-0.4, -0.2) is 51.6 Å². The Morgan fingerprint density at radius 2 is 2.08 bits per heavy atom. The zero-order valence-electron chi connectivity index (χ0n) is 20.2. The van der Waals surface area contributed by atoms with Crippen molar-refractivity contribution in [3.8, 4) is 5.75 Å². The van der Waals surface area contributed by atoms with Gasteiger partial charge in [-0.2, -0.15) is 0 Å². The number of carboxylic acids is 1. The number of nitrogens with zero attached hydrogens (tertiary/aromatic N) is 3. The molecule has 2 aromatic heterocycles. The molecule has 4 heterocycles. The zero-order chi connectivity index (χ0) is 25.2. The van der Waals surface area contributed by atoms with Gasteiger partial charge >= 0.3 is 5.97 Å². The quantitative estimate of drug-likeness (QED) is 0.496. The Morgan fingerprint density at radius 1 is 1.22 bits per heavy atom. The number of aromatic nitrogens is 2. The topological polar surface area (TPSA) is 96.7 Å². The van der Waals surface area contributed by atoms with E-state index in [1.165, 1.54) is 29.7 Å². The van der Waals surface area contributed by atoms with E-state index in [1.54, 1.807) is 6.07 Å². The molecule has 2 aliphatic rings. The SMILES string of the molecule is COc1ccc([C@H](CC(=O)O)N2CCn3cc(CCc4ccc5c(n4)NCCC5)cc3C2=O)cc1F. The van der Waals surface area contributed by atoms with Crippen molar-refractivity contribution in [1.82, 2.24) is 14.5 Å². The fourth-order valence-corrected chi connectivity index (χ4v) is 5.08. The number of aliphatic carboxylic acids is 1. The van der Waals surface area contributed by atoms with Crippen molar-refractivity contribution in [2.75, 3.05) is 25.5 Å². The third-order valence-electron chi connectivity index (χ3n) is 6.94. The molecule has 1 atom stereocenters. The monoisotopic (exact) mass is 492 g/mol. The molecule has 36 heavy (non-hydrogen) atoms. The number of methoxy groups -OCH3 is 1. The molecule has 0 unspecified atom stereocenters. The smallest absolute Gasteiger partial charge is 0.305 e. The first-order valence-electron chi connectivity index (χ1n) is 12.2. The number of nitrogens with one attached hydrogen (secondary N) is 1. The Balaban J connectivity index is 1.33. The number of hydrogen-bond acceptors (Lipinski definition) is 5. The van der Waals surface area contributed by atoms with Crippen LogP contribution in [0.2, 0.25) is 0 Å². The molecule has 9 heteroatoms. The summed E-state index contributed by atoms with van der Waals surface area (Å²) in [5.74, 6) is -0.865. The summed E-state index contributed by atoms with van der Waals surface area (Å²) in [7, 11) is 1.37. The lowest BCUT2D eigenvalue weighted by molar-refractivity contribution is -0.138. The fraction of sp³-hybridized carbons (Fsp3) is 0.370. The van der Waals surface area contributed by atoms with Crippen molar-refractivity contribution >= 4 is 17.7 Å². The molecular weight excluding hydrogens is 463 g/mol. The van der Waals surface area contributed by atoms with Gasteiger partial charge in [-0.3, -0.25) is 9.59 Å². The summed E-state index contributed by atoms with van der Waals surface area (Å²) < 4.78 is 21.3. The number of carboxylic acid groups (broad SMARTS) is 1. The highest BCUT2D eigenvalue weighted by atomic mass is 19.1. The lowest BCUT2D eigenvalue weighted by Gasteiger charge is -2.35. The standard InChI is InChI=1S/C27H29FN4O4/c1-36-24-9-6-19(14-21(24)28)22(15-25(33)34)32-12-11-31-16-17(13-23(31)27(32)35)4-7-20-8-5-18-3-2-10-29-26(18)30-20/h5-6,8-9,13-14,16,22H,2-4,7,10-12,15H2,1H3,(H,29,30)(H,33,34)/t22-/m0/s1. The maximum atomic E-state index is 14.4. The van der Waals surface area contributed by atoms with E-state index in [9.17, 15) is 19.1 Å². The molecular formula is C27H29FN4O4. The van der Waals surface area contributed by atoms with Gasteiger partial charge in [0.05, 0.1) is 19.6 Å². The normalized spacial score (nSPS) is 15.6. The van der Waals surface area contributed by atoms with Crippen molar-refractivity contribution in [3.05, 3.63) is 76.5 Å². The van der Waals surface area contributed by atoms with Crippen LogP contribution in [0, 0.1) is 5.82 Å². The Labute approximate surface area is 208 Å². The molecule has 5 rings (SSSR count). The predicted octanol–water partition coefficient (Wildman–Crippen LogP) is 3.85. The molecule has 0 saturated carbocycles. The number of carbonyl (C=O) groups is 2. The van der Waals surface area contributed by atoms with Gasteiger partial charge in [0.1, 0.15) is 11.5 Å². The molecule has 1 amide bonds. The van der Waals surface area contributed by atoms with Gasteiger partial charge in [-0.05, 0) is 66.6 Å². The highest BCUT2D eigenvalue weighted by Crippen LogP contribution is 2.32. The first kappa shape index (κ1) is 23.8. The van der Waals surface area contributed by atoms with Crippen LogP contribution in [-0.2, 0) is 30.6 Å². The first-order valence-corrected chi connectivity index (χ1v) is 12.2. The molecule has 2 aliphatic heterocycles. The molecule has 0 spiro atoms. The number of pyridine rings is 1. The summed E-state index contributed by atoms with van der Waals surface area (Å²) in [5.41, 5.74) is 4.22. The maximum absolute atomic E-state index is 14.4. The van der Waals surface area contributed by atoms with Gasteiger partial charge in [-0.25, -0.2) is 9.37 Å². The number of rotatable bonds is 8. The van der Waals surface area contributed by atoms with Crippen molar-refractivity contribution in [2.24, 2.45) is 0 Å². The van der Waals surface area contributed by atoms with Gasteiger partial charge in [0.15, 0.2) is 11.6 Å². The number of fused-ring (bicyclic) bond motifs is 2. The molecule has 8 nitrogen and oxygen atoms in total. The number of halogens is 1. The number of ether oxygens (including phenoxy) is 1. The van der Waals surface area contributed by atoms with E-state index in [-0.39, 0.29) is 18.1 Å². The van der Waals surface area contributed by atoms with Crippen molar-refractivity contribution < 1.29 is 23.8 Å². The van der Waals surface area contributed by atoms with Gasteiger partial charge in [-0.15, -0.1) is 0 Å². The highest BCUT2D eigenvalue weighted by molar-refractivity contribution is 5.94. The Hall–Kier alpha value is -3.88. The molecule has 188 valence electrons. The van der Waals surface area contributed by atoms with Crippen LogP contribution in [0.5, 0.6) is 5.75 Å². The molecule has 0 saturated heterocycles. The minimum absolute atomic E-state index is 0.0699. The van der Waals surface area contributed by atoms with Gasteiger partial charge in [0.25, 0.3) is 5.91 Å². The molecule has 0 fully saturated rings. The number of carbonyl (C=O) groups excluding carboxylic acids is 1. The summed E-state index contributed by atoms with van der Waals surface area (Å²) in [6.07, 6.45) is 5.33. The molecule has 1 aromatic carbocycles. The summed E-state index contributed by atoms with van der Waals surface area (Å²) in [4.78, 5) is 31.4. The van der Waals surface area contributed by atoms with Crippen molar-refractivity contribution in [1.29, 1.82) is 0 Å². The van der Waals surface area contributed by atoms with Crippen molar-refractivity contribution in [3.63, 3.8) is 0 Å². The third kappa shape index (κ3) is 4.78. The van der Waals surface area contributed by atoms with E-state index < -0.39 is 17.8 Å². The van der Waals surface area contributed by atoms with E-state index in [0.717, 1.165) is 49.3 Å². The predicted molar refractivity (Wildman–Crippen MR) is 132 cm³/mol. The average Bonchev–Trinajstić information content (AvgIpc) is 3.30. The van der Waals surface area contributed by atoms with Crippen LogP contribution >= 0.6 is 0 Å².